The fourth-order valence-electron chi connectivity index (χ4n) is 3.98. The Morgan fingerprint density at radius 1 is 1.12 bits per heavy atom. The monoisotopic (exact) mass is 455 g/mol. The number of nitrogens with one attached hydrogen (secondary N) is 2. The summed E-state index contributed by atoms with van der Waals surface area (Å²) in [5.41, 5.74) is 4.95. The largest absolute Gasteiger partial charge is 0.377 e. The minimum atomic E-state index is -0.212. The number of fused-ring (bicyclic) bond motifs is 1. The van der Waals surface area contributed by atoms with Crippen molar-refractivity contribution in [1.82, 2.24) is 14.5 Å². The highest BCUT2D eigenvalue weighted by Gasteiger charge is 2.20. The summed E-state index contributed by atoms with van der Waals surface area (Å²) in [5.74, 6) is 0.235. The Bertz CT molecular complexity index is 1470. The van der Waals surface area contributed by atoms with Crippen LogP contribution in [0.4, 0.5) is 11.6 Å². The molecule has 0 saturated carbocycles. The van der Waals surface area contributed by atoms with Gasteiger partial charge in [-0.1, -0.05) is 23.8 Å². The number of hydrogen-bond donors (Lipinski definition) is 2. The highest BCUT2D eigenvalue weighted by atomic mass is 16.5. The molecule has 3 heterocycles. The first-order valence-corrected chi connectivity index (χ1v) is 11.1. The van der Waals surface area contributed by atoms with Crippen molar-refractivity contribution < 1.29 is 9.53 Å². The number of aromatic nitrogens is 3. The van der Waals surface area contributed by atoms with Gasteiger partial charge in [-0.05, 0) is 49.7 Å². The van der Waals surface area contributed by atoms with Crippen molar-refractivity contribution in [2.24, 2.45) is 7.05 Å². The number of anilines is 2. The lowest BCUT2D eigenvalue weighted by atomic mass is 10.0. The van der Waals surface area contributed by atoms with Crippen molar-refractivity contribution in [3.8, 4) is 11.3 Å². The molecular formula is C26H25N5O3. The first-order chi connectivity index (χ1) is 16.4. The topological polar surface area (TPSA) is 98.1 Å². The van der Waals surface area contributed by atoms with Crippen LogP contribution >= 0.6 is 0 Å². The van der Waals surface area contributed by atoms with E-state index >= 15 is 0 Å². The zero-order chi connectivity index (χ0) is 23.8. The molecule has 1 fully saturated rings. The van der Waals surface area contributed by atoms with Crippen molar-refractivity contribution >= 4 is 28.4 Å². The molecule has 0 radical (unpaired) electrons. The maximum atomic E-state index is 13.2. The van der Waals surface area contributed by atoms with Gasteiger partial charge < -0.3 is 19.9 Å². The van der Waals surface area contributed by atoms with Gasteiger partial charge in [0, 0.05) is 35.4 Å². The standard InChI is InChI=1S/C26H25N5O3/c1-15-5-4-6-17(9-15)24(32)28-19-8-7-16(2)21(11-19)22-10-18-12-27-26(29-20-13-34-14-20)30-23(18)25(33)31(22)3/h4-12,20H,13-14H2,1-3H3,(H,28,32)(H,27,29,30). The average molecular weight is 456 g/mol. The fraction of sp³-hybridized carbons (Fsp3) is 0.231. The molecule has 0 atom stereocenters. The molecule has 1 amide bonds. The number of aryl methyl sites for hydroxylation is 2. The van der Waals surface area contributed by atoms with Gasteiger partial charge in [-0.3, -0.25) is 9.59 Å². The quantitative estimate of drug-likeness (QED) is 0.477. The predicted octanol–water partition coefficient (Wildman–Crippen LogP) is 3.68. The summed E-state index contributed by atoms with van der Waals surface area (Å²) in [6.07, 6.45) is 1.66. The summed E-state index contributed by atoms with van der Waals surface area (Å²) in [7, 11) is 1.73. The van der Waals surface area contributed by atoms with Crippen LogP contribution in [0.15, 0.2) is 59.5 Å². The van der Waals surface area contributed by atoms with Gasteiger partial charge in [-0.25, -0.2) is 9.97 Å². The third-order valence-electron chi connectivity index (χ3n) is 6.00. The fourth-order valence-corrected chi connectivity index (χ4v) is 3.98. The molecule has 8 nitrogen and oxygen atoms in total. The van der Waals surface area contributed by atoms with E-state index in [0.29, 0.717) is 41.3 Å². The van der Waals surface area contributed by atoms with Crippen LogP contribution in [0.1, 0.15) is 21.5 Å². The Balaban J connectivity index is 1.50. The van der Waals surface area contributed by atoms with Gasteiger partial charge >= 0.3 is 0 Å². The summed E-state index contributed by atoms with van der Waals surface area (Å²) in [6, 6.07) is 15.2. The van der Waals surface area contributed by atoms with Gasteiger partial charge in [-0.2, -0.15) is 0 Å². The van der Waals surface area contributed by atoms with E-state index in [1.807, 2.05) is 56.3 Å². The first-order valence-electron chi connectivity index (χ1n) is 11.1. The van der Waals surface area contributed by atoms with Crippen LogP contribution in [0.3, 0.4) is 0 Å². The molecule has 4 aromatic rings. The predicted molar refractivity (Wildman–Crippen MR) is 132 cm³/mol. The van der Waals surface area contributed by atoms with Crippen LogP contribution in [0.25, 0.3) is 22.2 Å². The second-order valence-corrected chi connectivity index (χ2v) is 8.62. The number of ether oxygens (including phenoxy) is 1. The maximum absolute atomic E-state index is 13.2. The van der Waals surface area contributed by atoms with Gasteiger partial charge in [-0.15, -0.1) is 0 Å². The van der Waals surface area contributed by atoms with Gasteiger partial charge in [0.15, 0.2) is 0 Å². The number of carbonyl (C=O) groups excluding carboxylic acids is 1. The van der Waals surface area contributed by atoms with Crippen LogP contribution in [0.5, 0.6) is 0 Å². The number of rotatable bonds is 5. The van der Waals surface area contributed by atoms with Crippen molar-refractivity contribution in [2.45, 2.75) is 19.9 Å². The van der Waals surface area contributed by atoms with E-state index < -0.39 is 0 Å². The normalized spacial score (nSPS) is 13.5. The smallest absolute Gasteiger partial charge is 0.277 e. The Labute approximate surface area is 196 Å². The number of nitrogens with zero attached hydrogens (tertiary/aromatic N) is 3. The summed E-state index contributed by atoms with van der Waals surface area (Å²) in [6.45, 7) is 5.13. The van der Waals surface area contributed by atoms with Gasteiger partial charge in [0.2, 0.25) is 5.95 Å². The molecule has 2 N–H and O–H groups in total. The second-order valence-electron chi connectivity index (χ2n) is 8.62. The lowest BCUT2D eigenvalue weighted by Crippen LogP contribution is -2.40. The molecule has 34 heavy (non-hydrogen) atoms. The summed E-state index contributed by atoms with van der Waals surface area (Å²) >= 11 is 0. The molecule has 0 unspecified atom stereocenters. The van der Waals surface area contributed by atoms with E-state index in [9.17, 15) is 9.59 Å². The molecule has 1 aliphatic heterocycles. The molecular weight excluding hydrogens is 430 g/mol. The number of benzene rings is 2. The summed E-state index contributed by atoms with van der Waals surface area (Å²) < 4.78 is 6.75. The molecule has 1 aliphatic rings. The lowest BCUT2D eigenvalue weighted by Gasteiger charge is -2.26. The molecule has 5 rings (SSSR count). The van der Waals surface area contributed by atoms with Gasteiger partial charge in [0.1, 0.15) is 5.52 Å². The molecule has 0 spiro atoms. The van der Waals surface area contributed by atoms with Crippen LogP contribution in [0.2, 0.25) is 0 Å². The summed E-state index contributed by atoms with van der Waals surface area (Å²) in [4.78, 5) is 34.7. The number of carbonyl (C=O) groups is 1. The van der Waals surface area contributed by atoms with E-state index in [1.54, 1.807) is 23.9 Å². The number of hydrogen-bond acceptors (Lipinski definition) is 6. The van der Waals surface area contributed by atoms with E-state index in [-0.39, 0.29) is 17.5 Å². The van der Waals surface area contributed by atoms with Crippen LogP contribution in [0, 0.1) is 13.8 Å². The number of pyridine rings is 1. The van der Waals surface area contributed by atoms with E-state index in [4.69, 9.17) is 4.74 Å². The highest BCUT2D eigenvalue weighted by molar-refractivity contribution is 6.04. The van der Waals surface area contributed by atoms with Crippen molar-refractivity contribution in [3.63, 3.8) is 0 Å². The molecule has 2 aromatic heterocycles. The Morgan fingerprint density at radius 2 is 1.94 bits per heavy atom. The van der Waals surface area contributed by atoms with Crippen LogP contribution in [-0.2, 0) is 11.8 Å². The minimum Gasteiger partial charge on any atom is -0.377 e. The Morgan fingerprint density at radius 3 is 2.68 bits per heavy atom. The van der Waals surface area contributed by atoms with E-state index in [2.05, 4.69) is 20.6 Å². The highest BCUT2D eigenvalue weighted by Crippen LogP contribution is 2.28. The second kappa shape index (κ2) is 8.72. The number of amides is 1. The van der Waals surface area contributed by atoms with Crippen molar-refractivity contribution in [2.75, 3.05) is 23.8 Å². The molecule has 172 valence electrons. The SMILES string of the molecule is Cc1cccc(C(=O)Nc2ccc(C)c(-c3cc4cnc(NC5COC5)nc4c(=O)n3C)c2)c1. The Kier molecular flexibility index (Phi) is 5.59. The molecule has 0 bridgehead atoms. The molecule has 8 heteroatoms. The third kappa shape index (κ3) is 4.15. The zero-order valence-electron chi connectivity index (χ0n) is 19.3. The van der Waals surface area contributed by atoms with Crippen LogP contribution < -0.4 is 16.2 Å². The van der Waals surface area contributed by atoms with Gasteiger partial charge in [0.25, 0.3) is 11.5 Å². The minimum absolute atomic E-state index is 0.168. The molecule has 1 saturated heterocycles. The lowest BCUT2D eigenvalue weighted by molar-refractivity contribution is 0.0208. The van der Waals surface area contributed by atoms with E-state index in [0.717, 1.165) is 22.4 Å². The first kappa shape index (κ1) is 21.8. The van der Waals surface area contributed by atoms with Crippen molar-refractivity contribution in [3.05, 3.63) is 81.8 Å². The summed E-state index contributed by atoms with van der Waals surface area (Å²) in [5, 5.41) is 6.80. The third-order valence-corrected chi connectivity index (χ3v) is 6.00. The molecule has 2 aromatic carbocycles. The zero-order valence-corrected chi connectivity index (χ0v) is 19.3. The van der Waals surface area contributed by atoms with Gasteiger partial charge in [0.05, 0.1) is 24.9 Å². The average Bonchev–Trinajstić information content (AvgIpc) is 2.80. The Hall–Kier alpha value is -4.04. The van der Waals surface area contributed by atoms with E-state index in [1.165, 1.54) is 0 Å². The molecule has 0 aliphatic carbocycles. The van der Waals surface area contributed by atoms with Crippen LogP contribution in [-0.4, -0.2) is 39.7 Å². The van der Waals surface area contributed by atoms with Crippen molar-refractivity contribution in [1.29, 1.82) is 0 Å². The maximum Gasteiger partial charge on any atom is 0.277 e.